The molecule has 20 heavy (non-hydrogen) atoms. The van der Waals surface area contributed by atoms with Crippen molar-refractivity contribution in [3.63, 3.8) is 0 Å². The van der Waals surface area contributed by atoms with Gasteiger partial charge in [-0.05, 0) is 36.0 Å². The maximum Gasteiger partial charge on any atom is 0.240 e. The molecule has 1 aromatic carbocycles. The lowest BCUT2D eigenvalue weighted by molar-refractivity contribution is 0.263. The fraction of sp³-hybridized carbons (Fsp3) is 0.600. The molecule has 0 aliphatic rings. The van der Waals surface area contributed by atoms with Gasteiger partial charge in [0, 0.05) is 12.6 Å². The molecule has 3 N–H and O–H groups in total. The first kappa shape index (κ1) is 17.1. The minimum Gasteiger partial charge on any atom is -0.324 e. The van der Waals surface area contributed by atoms with Gasteiger partial charge in [-0.1, -0.05) is 39.8 Å². The Kier molecular flexibility index (Phi) is 5.35. The fourth-order valence-electron chi connectivity index (χ4n) is 1.57. The van der Waals surface area contributed by atoms with Crippen LogP contribution in [-0.4, -0.2) is 15.0 Å². The molecular weight excluding hydrogens is 272 g/mol. The average Bonchev–Trinajstić information content (AvgIpc) is 2.35. The molecule has 0 aromatic heterocycles. The Hall–Kier alpha value is -0.910. The summed E-state index contributed by atoms with van der Waals surface area (Å²) >= 11 is 0. The molecule has 2 atom stereocenters. The Labute approximate surface area is 122 Å². The van der Waals surface area contributed by atoms with Gasteiger partial charge in [0.1, 0.15) is 0 Å². The highest BCUT2D eigenvalue weighted by molar-refractivity contribution is 7.89. The molecule has 114 valence electrons. The number of sulfonamides is 1. The van der Waals surface area contributed by atoms with Crippen molar-refractivity contribution in [1.82, 2.24) is 4.72 Å². The molecule has 0 aliphatic heterocycles. The van der Waals surface area contributed by atoms with Crippen molar-refractivity contribution in [3.8, 4) is 0 Å². The summed E-state index contributed by atoms with van der Waals surface area (Å²) in [6.45, 7) is 10.6. The number of nitrogens with two attached hydrogens (primary N) is 1. The van der Waals surface area contributed by atoms with Crippen LogP contribution in [0.3, 0.4) is 0 Å². The Morgan fingerprint density at radius 3 is 2.05 bits per heavy atom. The third-order valence-corrected chi connectivity index (χ3v) is 5.21. The van der Waals surface area contributed by atoms with E-state index < -0.39 is 10.0 Å². The lowest BCUT2D eigenvalue weighted by Crippen LogP contribution is -2.33. The molecule has 2 unspecified atom stereocenters. The van der Waals surface area contributed by atoms with Gasteiger partial charge in [-0.25, -0.2) is 13.1 Å². The molecule has 0 saturated heterocycles. The van der Waals surface area contributed by atoms with Gasteiger partial charge in [-0.15, -0.1) is 0 Å². The van der Waals surface area contributed by atoms with Crippen LogP contribution >= 0.6 is 0 Å². The number of hydrogen-bond acceptors (Lipinski definition) is 3. The molecule has 0 amide bonds. The topological polar surface area (TPSA) is 72.2 Å². The summed E-state index contributed by atoms with van der Waals surface area (Å²) in [5.74, 6) is 0.251. The Balaban J connectivity index is 2.79. The first-order valence-corrected chi connectivity index (χ1v) is 8.37. The molecule has 0 saturated carbocycles. The molecule has 5 heteroatoms. The van der Waals surface area contributed by atoms with Crippen LogP contribution in [0.4, 0.5) is 0 Å². The minimum atomic E-state index is -3.45. The third-order valence-electron chi connectivity index (χ3n) is 3.77. The zero-order valence-corrected chi connectivity index (χ0v) is 13.8. The number of benzene rings is 1. The number of nitrogens with one attached hydrogen (secondary N) is 1. The van der Waals surface area contributed by atoms with Crippen molar-refractivity contribution >= 4 is 10.0 Å². The lowest BCUT2D eigenvalue weighted by atomic mass is 9.82. The monoisotopic (exact) mass is 298 g/mol. The van der Waals surface area contributed by atoms with Crippen LogP contribution in [-0.2, 0) is 10.0 Å². The maximum atomic E-state index is 12.2. The Morgan fingerprint density at radius 2 is 1.65 bits per heavy atom. The van der Waals surface area contributed by atoms with Gasteiger partial charge >= 0.3 is 0 Å². The van der Waals surface area contributed by atoms with Crippen LogP contribution in [0.25, 0.3) is 0 Å². The van der Waals surface area contributed by atoms with Gasteiger partial charge in [-0.2, -0.15) is 0 Å². The van der Waals surface area contributed by atoms with Crippen LogP contribution in [0.2, 0.25) is 0 Å². The van der Waals surface area contributed by atoms with Crippen molar-refractivity contribution in [1.29, 1.82) is 0 Å². The molecule has 0 spiro atoms. The average molecular weight is 298 g/mol. The highest BCUT2D eigenvalue weighted by Crippen LogP contribution is 2.25. The summed E-state index contributed by atoms with van der Waals surface area (Å²) < 4.78 is 27.1. The Morgan fingerprint density at radius 1 is 1.15 bits per heavy atom. The molecule has 1 aromatic rings. The molecule has 0 fully saturated rings. The van der Waals surface area contributed by atoms with Crippen molar-refractivity contribution in [3.05, 3.63) is 29.8 Å². The van der Waals surface area contributed by atoms with E-state index in [-0.39, 0.29) is 22.3 Å². The van der Waals surface area contributed by atoms with Crippen LogP contribution in [0, 0.1) is 11.3 Å². The van der Waals surface area contributed by atoms with Crippen molar-refractivity contribution in [2.24, 2.45) is 17.1 Å². The summed E-state index contributed by atoms with van der Waals surface area (Å²) in [6.07, 6.45) is 0. The predicted octanol–water partition coefficient (Wildman–Crippen LogP) is 2.67. The van der Waals surface area contributed by atoms with E-state index in [4.69, 9.17) is 5.73 Å². The zero-order valence-electron chi connectivity index (χ0n) is 13.0. The quantitative estimate of drug-likeness (QED) is 0.878. The standard InChI is InChI=1S/C15H26N2O2S/c1-11(15(3,4)5)10-17-20(18,19)14-8-6-13(7-9-14)12(2)16/h6-9,11-12,17H,10,16H2,1-5H3. The van der Waals surface area contributed by atoms with E-state index in [1.807, 2.05) is 13.8 Å². The number of rotatable bonds is 5. The second-order valence-corrected chi connectivity index (χ2v) is 8.24. The van der Waals surface area contributed by atoms with Gasteiger partial charge in [0.15, 0.2) is 0 Å². The van der Waals surface area contributed by atoms with Crippen molar-refractivity contribution < 1.29 is 8.42 Å². The highest BCUT2D eigenvalue weighted by atomic mass is 32.2. The minimum absolute atomic E-state index is 0.0708. The molecular formula is C15H26N2O2S. The first-order chi connectivity index (χ1) is 9.04. The summed E-state index contributed by atoms with van der Waals surface area (Å²) in [5.41, 5.74) is 6.75. The van der Waals surface area contributed by atoms with Gasteiger partial charge in [-0.3, -0.25) is 0 Å². The van der Waals surface area contributed by atoms with Crippen LogP contribution in [0.1, 0.15) is 46.2 Å². The van der Waals surface area contributed by atoms with E-state index in [1.54, 1.807) is 24.3 Å². The predicted molar refractivity (Wildman–Crippen MR) is 82.9 cm³/mol. The van der Waals surface area contributed by atoms with Gasteiger partial charge in [0.05, 0.1) is 4.90 Å². The molecule has 0 radical (unpaired) electrons. The largest absolute Gasteiger partial charge is 0.324 e. The first-order valence-electron chi connectivity index (χ1n) is 6.89. The van der Waals surface area contributed by atoms with Gasteiger partial charge in [0.2, 0.25) is 10.0 Å². The Bertz CT molecular complexity index is 528. The van der Waals surface area contributed by atoms with E-state index in [0.29, 0.717) is 6.54 Å². The molecule has 0 aliphatic carbocycles. The van der Waals surface area contributed by atoms with Crippen molar-refractivity contribution in [2.75, 3.05) is 6.54 Å². The lowest BCUT2D eigenvalue weighted by Gasteiger charge is -2.27. The van der Waals surface area contributed by atoms with E-state index in [9.17, 15) is 8.42 Å². The zero-order chi connectivity index (χ0) is 15.6. The van der Waals surface area contributed by atoms with Crippen LogP contribution < -0.4 is 10.5 Å². The third kappa shape index (κ3) is 4.58. The summed E-state index contributed by atoms with van der Waals surface area (Å²) in [4.78, 5) is 0.281. The molecule has 4 nitrogen and oxygen atoms in total. The molecule has 0 heterocycles. The van der Waals surface area contributed by atoms with E-state index >= 15 is 0 Å². The summed E-state index contributed by atoms with van der Waals surface area (Å²) in [5, 5.41) is 0. The van der Waals surface area contributed by atoms with Gasteiger partial charge in [0.25, 0.3) is 0 Å². The number of hydrogen-bond donors (Lipinski definition) is 2. The normalized spacial score (nSPS) is 15.9. The summed E-state index contributed by atoms with van der Waals surface area (Å²) in [6, 6.07) is 6.62. The smallest absolute Gasteiger partial charge is 0.240 e. The fourth-order valence-corrected chi connectivity index (χ4v) is 2.71. The van der Waals surface area contributed by atoms with Crippen LogP contribution in [0.15, 0.2) is 29.2 Å². The van der Waals surface area contributed by atoms with Crippen LogP contribution in [0.5, 0.6) is 0 Å². The summed E-state index contributed by atoms with van der Waals surface area (Å²) in [7, 11) is -3.45. The highest BCUT2D eigenvalue weighted by Gasteiger charge is 2.22. The molecule has 1 rings (SSSR count). The van der Waals surface area contributed by atoms with E-state index in [0.717, 1.165) is 5.56 Å². The van der Waals surface area contributed by atoms with E-state index in [1.165, 1.54) is 0 Å². The SMILES string of the molecule is CC(N)c1ccc(S(=O)(=O)NCC(C)C(C)(C)C)cc1. The second-order valence-electron chi connectivity index (χ2n) is 6.48. The second kappa shape index (κ2) is 6.24. The van der Waals surface area contributed by atoms with E-state index in [2.05, 4.69) is 25.5 Å². The molecule has 0 bridgehead atoms. The maximum absolute atomic E-state index is 12.2. The van der Waals surface area contributed by atoms with Gasteiger partial charge < -0.3 is 5.73 Å². The van der Waals surface area contributed by atoms with Crippen molar-refractivity contribution in [2.45, 2.75) is 45.6 Å².